The molecule has 0 fully saturated rings. The van der Waals surface area contributed by atoms with Crippen LogP contribution >= 0.6 is 11.3 Å². The topological polar surface area (TPSA) is 114 Å². The van der Waals surface area contributed by atoms with Crippen molar-refractivity contribution in [1.82, 2.24) is 20.3 Å². The van der Waals surface area contributed by atoms with Gasteiger partial charge in [0.2, 0.25) is 0 Å². The second-order valence-electron chi connectivity index (χ2n) is 5.12. The molecular weight excluding hydrogens is 320 g/mol. The number of aliphatic carboxylic acids is 1. The van der Waals surface area contributed by atoms with Gasteiger partial charge >= 0.3 is 5.97 Å². The number of amides is 1. The molecule has 8 nitrogen and oxygen atoms in total. The average molecular weight is 336 g/mol. The van der Waals surface area contributed by atoms with Crippen molar-refractivity contribution in [2.75, 3.05) is 13.7 Å². The Bertz CT molecular complexity index is 691. The number of methoxy groups -OCH3 is 1. The van der Waals surface area contributed by atoms with Crippen LogP contribution in [0.2, 0.25) is 0 Å². The lowest BCUT2D eigenvalue weighted by Gasteiger charge is -2.28. The number of aromatic nitrogens is 3. The largest absolute Gasteiger partial charge is 0.481 e. The Morgan fingerprint density at radius 3 is 2.65 bits per heavy atom. The van der Waals surface area contributed by atoms with E-state index in [1.807, 2.05) is 0 Å². The van der Waals surface area contributed by atoms with E-state index >= 15 is 0 Å². The smallest absolute Gasteiger partial charge is 0.305 e. The monoisotopic (exact) mass is 336 g/mol. The highest BCUT2D eigenvalue weighted by Gasteiger charge is 2.30. The van der Waals surface area contributed by atoms with Crippen LogP contribution in [0.4, 0.5) is 0 Å². The molecule has 9 heteroatoms. The van der Waals surface area contributed by atoms with Gasteiger partial charge in [0.25, 0.3) is 5.91 Å². The number of carboxylic acid groups (broad SMARTS) is 1. The molecule has 0 aliphatic carbocycles. The standard InChI is InChI=1S/C14H16N4O4S/c1-14(8-22-2,6-10(19)20)18-12(21)9-7-17-13(23-9)11-15-4-3-5-16-11/h3-5,7H,6,8H2,1-2H3,(H,18,21)(H,19,20). The van der Waals surface area contributed by atoms with Crippen molar-refractivity contribution < 1.29 is 19.4 Å². The van der Waals surface area contributed by atoms with Crippen LogP contribution in [0.3, 0.4) is 0 Å². The number of nitrogens with one attached hydrogen (secondary N) is 1. The SMILES string of the molecule is COCC(C)(CC(=O)O)NC(=O)c1cnc(-c2ncccn2)s1. The summed E-state index contributed by atoms with van der Waals surface area (Å²) < 4.78 is 5.01. The highest BCUT2D eigenvalue weighted by molar-refractivity contribution is 7.16. The number of hydrogen-bond acceptors (Lipinski definition) is 7. The zero-order valence-corrected chi connectivity index (χ0v) is 13.5. The maximum atomic E-state index is 12.3. The van der Waals surface area contributed by atoms with Crippen molar-refractivity contribution in [1.29, 1.82) is 0 Å². The summed E-state index contributed by atoms with van der Waals surface area (Å²) >= 11 is 1.14. The third-order valence-corrected chi connectivity index (χ3v) is 3.90. The number of carboxylic acids is 1. The summed E-state index contributed by atoms with van der Waals surface area (Å²) in [5.74, 6) is -1.00. The summed E-state index contributed by atoms with van der Waals surface area (Å²) in [7, 11) is 1.45. The predicted octanol–water partition coefficient (Wildman–Crippen LogP) is 1.21. The third kappa shape index (κ3) is 4.54. The van der Waals surface area contributed by atoms with Crippen LogP contribution in [0, 0.1) is 0 Å². The van der Waals surface area contributed by atoms with Gasteiger partial charge in [0, 0.05) is 19.5 Å². The molecule has 2 N–H and O–H groups in total. The fourth-order valence-corrected chi connectivity index (χ4v) is 2.77. The molecule has 1 amide bonds. The number of hydrogen-bond donors (Lipinski definition) is 2. The second-order valence-corrected chi connectivity index (χ2v) is 6.15. The summed E-state index contributed by atoms with van der Waals surface area (Å²) in [4.78, 5) is 35.9. The Kier molecular flexibility index (Phi) is 5.35. The number of carbonyl (C=O) groups is 2. The minimum Gasteiger partial charge on any atom is -0.481 e. The number of thiazole rings is 1. The van der Waals surface area contributed by atoms with Crippen LogP contribution in [0.5, 0.6) is 0 Å². The van der Waals surface area contributed by atoms with Crippen LogP contribution in [0.15, 0.2) is 24.7 Å². The van der Waals surface area contributed by atoms with E-state index in [2.05, 4.69) is 20.3 Å². The molecule has 0 radical (unpaired) electrons. The Morgan fingerprint density at radius 1 is 1.35 bits per heavy atom. The van der Waals surface area contributed by atoms with Gasteiger partial charge in [0.1, 0.15) is 4.88 Å². The minimum atomic E-state index is -1.02. The van der Waals surface area contributed by atoms with Gasteiger partial charge < -0.3 is 15.2 Å². The molecule has 122 valence electrons. The summed E-state index contributed by atoms with van der Waals surface area (Å²) in [6.07, 6.45) is 4.34. The zero-order valence-electron chi connectivity index (χ0n) is 12.6. The maximum Gasteiger partial charge on any atom is 0.305 e. The maximum absolute atomic E-state index is 12.3. The number of nitrogens with zero attached hydrogens (tertiary/aromatic N) is 3. The highest BCUT2D eigenvalue weighted by atomic mass is 32.1. The first-order valence-corrected chi connectivity index (χ1v) is 7.51. The van der Waals surface area contributed by atoms with E-state index < -0.39 is 17.4 Å². The number of carbonyl (C=O) groups excluding carboxylic acids is 1. The fraction of sp³-hybridized carbons (Fsp3) is 0.357. The molecule has 0 saturated heterocycles. The first kappa shape index (κ1) is 17.0. The van der Waals surface area contributed by atoms with Crippen LogP contribution in [-0.2, 0) is 9.53 Å². The molecule has 2 aromatic heterocycles. The van der Waals surface area contributed by atoms with Gasteiger partial charge in [-0.3, -0.25) is 9.59 Å². The van der Waals surface area contributed by atoms with Crippen molar-refractivity contribution in [3.05, 3.63) is 29.5 Å². The van der Waals surface area contributed by atoms with Gasteiger partial charge in [-0.15, -0.1) is 11.3 Å². The first-order valence-electron chi connectivity index (χ1n) is 6.70. The molecule has 1 unspecified atom stereocenters. The Hall–Kier alpha value is -2.39. The van der Waals surface area contributed by atoms with E-state index in [9.17, 15) is 9.59 Å². The molecule has 2 heterocycles. The highest BCUT2D eigenvalue weighted by Crippen LogP contribution is 2.22. The lowest BCUT2D eigenvalue weighted by Crippen LogP contribution is -2.50. The van der Waals surface area contributed by atoms with E-state index in [1.165, 1.54) is 13.3 Å². The molecule has 1 atom stereocenters. The first-order chi connectivity index (χ1) is 10.9. The van der Waals surface area contributed by atoms with Gasteiger partial charge in [-0.1, -0.05) is 0 Å². The van der Waals surface area contributed by atoms with E-state index in [4.69, 9.17) is 9.84 Å². The molecule has 0 bridgehead atoms. The quantitative estimate of drug-likeness (QED) is 0.781. The molecule has 0 aliphatic heterocycles. The molecule has 23 heavy (non-hydrogen) atoms. The molecular formula is C14H16N4O4S. The van der Waals surface area contributed by atoms with Gasteiger partial charge in [0.05, 0.1) is 24.8 Å². The van der Waals surface area contributed by atoms with E-state index in [-0.39, 0.29) is 13.0 Å². The van der Waals surface area contributed by atoms with E-state index in [0.717, 1.165) is 11.3 Å². The van der Waals surface area contributed by atoms with Crippen molar-refractivity contribution >= 4 is 23.2 Å². The van der Waals surface area contributed by atoms with Gasteiger partial charge in [-0.25, -0.2) is 15.0 Å². The molecule has 2 rings (SSSR count). The predicted molar refractivity (Wildman–Crippen MR) is 83.1 cm³/mol. The van der Waals surface area contributed by atoms with Crippen molar-refractivity contribution in [2.45, 2.75) is 18.9 Å². The molecule has 0 aliphatic rings. The lowest BCUT2D eigenvalue weighted by atomic mass is 9.99. The van der Waals surface area contributed by atoms with Crippen LogP contribution < -0.4 is 5.32 Å². The Labute approximate surface area is 136 Å². The number of rotatable bonds is 7. The zero-order chi connectivity index (χ0) is 16.9. The lowest BCUT2D eigenvalue weighted by molar-refractivity contribution is -0.139. The molecule has 0 spiro atoms. The normalized spacial score (nSPS) is 13.3. The molecule has 0 aromatic carbocycles. The van der Waals surface area contributed by atoms with Gasteiger partial charge in [-0.2, -0.15) is 0 Å². The third-order valence-electron chi connectivity index (χ3n) is 2.91. The average Bonchev–Trinajstić information content (AvgIpc) is 2.97. The minimum absolute atomic E-state index is 0.0818. The second kappa shape index (κ2) is 7.25. The summed E-state index contributed by atoms with van der Waals surface area (Å²) in [5, 5.41) is 12.2. The van der Waals surface area contributed by atoms with E-state index in [0.29, 0.717) is 15.7 Å². The summed E-state index contributed by atoms with van der Waals surface area (Å²) in [5.41, 5.74) is -1.01. The molecule has 2 aromatic rings. The van der Waals surface area contributed by atoms with Crippen LogP contribution in [0.1, 0.15) is 23.0 Å². The van der Waals surface area contributed by atoms with Crippen molar-refractivity contribution in [3.8, 4) is 10.8 Å². The number of ether oxygens (including phenoxy) is 1. The Morgan fingerprint density at radius 2 is 2.04 bits per heavy atom. The van der Waals surface area contributed by atoms with Crippen molar-refractivity contribution in [2.24, 2.45) is 0 Å². The summed E-state index contributed by atoms with van der Waals surface area (Å²) in [6.45, 7) is 1.70. The van der Waals surface area contributed by atoms with E-state index in [1.54, 1.807) is 25.4 Å². The fourth-order valence-electron chi connectivity index (χ4n) is 2.01. The van der Waals surface area contributed by atoms with Crippen molar-refractivity contribution in [3.63, 3.8) is 0 Å². The molecule has 0 saturated carbocycles. The Balaban J connectivity index is 2.14. The van der Waals surface area contributed by atoms with Crippen LogP contribution in [0.25, 0.3) is 10.8 Å². The van der Waals surface area contributed by atoms with Gasteiger partial charge in [0.15, 0.2) is 10.8 Å². The summed E-state index contributed by atoms with van der Waals surface area (Å²) in [6, 6.07) is 1.69. The van der Waals surface area contributed by atoms with Gasteiger partial charge in [-0.05, 0) is 13.0 Å². The van der Waals surface area contributed by atoms with Crippen LogP contribution in [-0.4, -0.2) is 51.2 Å².